The van der Waals surface area contributed by atoms with Crippen LogP contribution in [0.15, 0.2) is 47.3 Å². The molecule has 9 nitrogen and oxygen atoms in total. The zero-order chi connectivity index (χ0) is 24.7. The van der Waals surface area contributed by atoms with Gasteiger partial charge in [0.05, 0.1) is 27.9 Å². The molecular weight excluding hydrogens is 438 g/mol. The average molecular weight is 470 g/mol. The summed E-state index contributed by atoms with van der Waals surface area (Å²) in [5.41, 5.74) is 0.650. The molecule has 0 saturated carbocycles. The number of ether oxygens (including phenoxy) is 4. The van der Waals surface area contributed by atoms with Gasteiger partial charge >= 0.3 is 11.7 Å². The number of hydrogen-bond donors (Lipinski definition) is 1. The minimum atomic E-state index is -1.06. The maximum absolute atomic E-state index is 12.4. The van der Waals surface area contributed by atoms with Crippen LogP contribution >= 0.6 is 0 Å². The number of nitrogens with zero attached hydrogens (tertiary/aromatic N) is 2. The highest BCUT2D eigenvalue weighted by Gasteiger charge is 2.30. The molecule has 0 radical (unpaired) electrons. The van der Waals surface area contributed by atoms with Crippen molar-refractivity contribution in [2.24, 2.45) is 0 Å². The highest BCUT2D eigenvalue weighted by Crippen LogP contribution is 2.25. The second-order valence-corrected chi connectivity index (χ2v) is 8.31. The normalized spacial score (nSPS) is 11.2. The van der Waals surface area contributed by atoms with Crippen LogP contribution in [0, 0.1) is 0 Å². The molecule has 1 aromatic heterocycles. The molecule has 0 fully saturated rings. The molecule has 0 amide bonds. The number of H-pyrrole nitrogens is 1. The van der Waals surface area contributed by atoms with Gasteiger partial charge in [-0.25, -0.2) is 14.7 Å². The fourth-order valence-corrected chi connectivity index (χ4v) is 3.61. The first-order valence-corrected chi connectivity index (χ1v) is 11.0. The Hall–Kier alpha value is -3.75. The summed E-state index contributed by atoms with van der Waals surface area (Å²) in [6.07, 6.45) is 2.23. The van der Waals surface area contributed by atoms with Crippen LogP contribution < -0.4 is 19.9 Å². The smallest absolute Gasteiger partial charge is 0.349 e. The van der Waals surface area contributed by atoms with Gasteiger partial charge in [-0.15, -0.1) is 0 Å². The van der Waals surface area contributed by atoms with E-state index in [-0.39, 0.29) is 5.69 Å². The molecule has 1 N–H and O–H groups in total. The summed E-state index contributed by atoms with van der Waals surface area (Å²) in [4.78, 5) is 24.2. The van der Waals surface area contributed by atoms with Crippen molar-refractivity contribution in [3.8, 4) is 17.2 Å². The molecule has 182 valence electrons. The van der Waals surface area contributed by atoms with Crippen LogP contribution in [0.1, 0.15) is 37.2 Å². The fraction of sp³-hybridized carbons (Fsp3) is 0.400. The van der Waals surface area contributed by atoms with Crippen molar-refractivity contribution in [1.29, 1.82) is 0 Å². The largest absolute Gasteiger partial charge is 0.497 e. The van der Waals surface area contributed by atoms with E-state index in [1.165, 1.54) is 7.11 Å². The van der Waals surface area contributed by atoms with Crippen LogP contribution in [-0.2, 0) is 28.9 Å². The first-order valence-electron chi connectivity index (χ1n) is 11.0. The number of aromatic amines is 1. The maximum Gasteiger partial charge on any atom is 0.349 e. The molecule has 3 rings (SSSR count). The lowest BCUT2D eigenvalue weighted by Crippen LogP contribution is -2.39. The van der Waals surface area contributed by atoms with Crippen molar-refractivity contribution in [2.75, 3.05) is 21.3 Å². The Morgan fingerprint density at radius 3 is 2.35 bits per heavy atom. The van der Waals surface area contributed by atoms with E-state index >= 15 is 0 Å². The van der Waals surface area contributed by atoms with Crippen molar-refractivity contribution in [2.45, 2.75) is 45.3 Å². The van der Waals surface area contributed by atoms with Crippen LogP contribution in [0.25, 0.3) is 0 Å². The SMILES string of the molecule is COC(=O)C(C)(C)Oc1ccc(CCCc2n[nH]c(=O)n2Cc2ccc(OC)cc2OC)cc1. The molecule has 1 heterocycles. The van der Waals surface area contributed by atoms with Crippen LogP contribution in [0.5, 0.6) is 17.2 Å². The summed E-state index contributed by atoms with van der Waals surface area (Å²) in [5, 5.41) is 6.75. The molecule has 2 aromatic carbocycles. The molecule has 34 heavy (non-hydrogen) atoms. The van der Waals surface area contributed by atoms with E-state index in [2.05, 4.69) is 10.2 Å². The van der Waals surface area contributed by atoms with E-state index in [4.69, 9.17) is 18.9 Å². The second kappa shape index (κ2) is 10.9. The van der Waals surface area contributed by atoms with Crippen LogP contribution in [-0.4, -0.2) is 47.7 Å². The molecule has 0 aliphatic heterocycles. The fourth-order valence-electron chi connectivity index (χ4n) is 3.61. The van der Waals surface area contributed by atoms with Gasteiger partial charge in [-0.05, 0) is 56.5 Å². The number of nitrogens with one attached hydrogen (secondary N) is 1. The predicted octanol–water partition coefficient (Wildman–Crippen LogP) is 3.14. The van der Waals surface area contributed by atoms with E-state index < -0.39 is 11.6 Å². The number of hydrogen-bond acceptors (Lipinski definition) is 7. The lowest BCUT2D eigenvalue weighted by molar-refractivity contribution is -0.156. The Kier molecular flexibility index (Phi) is 7.99. The molecule has 0 spiro atoms. The maximum atomic E-state index is 12.4. The second-order valence-electron chi connectivity index (χ2n) is 8.31. The van der Waals surface area contributed by atoms with Gasteiger partial charge in [0.25, 0.3) is 0 Å². The Morgan fingerprint density at radius 2 is 1.71 bits per heavy atom. The van der Waals surface area contributed by atoms with E-state index in [0.29, 0.717) is 36.0 Å². The first kappa shape index (κ1) is 24.9. The zero-order valence-corrected chi connectivity index (χ0v) is 20.2. The quantitative estimate of drug-likeness (QED) is 0.430. The van der Waals surface area contributed by atoms with Crippen molar-refractivity contribution in [1.82, 2.24) is 14.8 Å². The monoisotopic (exact) mass is 469 g/mol. The number of rotatable bonds is 11. The summed E-state index contributed by atoms with van der Waals surface area (Å²) in [7, 11) is 4.52. The van der Waals surface area contributed by atoms with Crippen LogP contribution in [0.2, 0.25) is 0 Å². The predicted molar refractivity (Wildman–Crippen MR) is 127 cm³/mol. The van der Waals surface area contributed by atoms with E-state index in [1.54, 1.807) is 38.7 Å². The summed E-state index contributed by atoms with van der Waals surface area (Å²) in [6.45, 7) is 3.68. The zero-order valence-electron chi connectivity index (χ0n) is 20.2. The molecule has 0 unspecified atom stereocenters. The molecule has 0 bridgehead atoms. The van der Waals surface area contributed by atoms with Gasteiger partial charge in [-0.1, -0.05) is 12.1 Å². The minimum absolute atomic E-state index is 0.261. The third-order valence-corrected chi connectivity index (χ3v) is 5.50. The Morgan fingerprint density at radius 1 is 1.00 bits per heavy atom. The number of methoxy groups -OCH3 is 3. The van der Waals surface area contributed by atoms with Crippen LogP contribution in [0.3, 0.4) is 0 Å². The van der Waals surface area contributed by atoms with E-state index in [9.17, 15) is 9.59 Å². The third kappa shape index (κ3) is 5.98. The molecule has 9 heteroatoms. The van der Waals surface area contributed by atoms with Crippen molar-refractivity contribution in [3.63, 3.8) is 0 Å². The van der Waals surface area contributed by atoms with Crippen molar-refractivity contribution in [3.05, 3.63) is 69.9 Å². The number of aryl methyl sites for hydroxylation is 2. The number of carbonyl (C=O) groups excluding carboxylic acids is 1. The highest BCUT2D eigenvalue weighted by atomic mass is 16.6. The minimum Gasteiger partial charge on any atom is -0.497 e. The number of carbonyl (C=O) groups is 1. The molecule has 0 saturated heterocycles. The third-order valence-electron chi connectivity index (χ3n) is 5.50. The summed E-state index contributed by atoms with van der Waals surface area (Å²) in [6, 6.07) is 13.1. The van der Waals surface area contributed by atoms with Crippen molar-refractivity contribution < 1.29 is 23.7 Å². The summed E-state index contributed by atoms with van der Waals surface area (Å²) in [5.74, 6) is 2.17. The highest BCUT2D eigenvalue weighted by molar-refractivity contribution is 5.78. The topological polar surface area (TPSA) is 105 Å². The first-order chi connectivity index (χ1) is 16.3. The molecule has 3 aromatic rings. The van der Waals surface area contributed by atoms with E-state index in [1.807, 2.05) is 36.4 Å². The Balaban J connectivity index is 1.61. The summed E-state index contributed by atoms with van der Waals surface area (Å²) < 4.78 is 22.8. The number of aromatic nitrogens is 3. The molecule has 0 aliphatic rings. The van der Waals surface area contributed by atoms with Crippen molar-refractivity contribution >= 4 is 5.97 Å². The number of benzene rings is 2. The lowest BCUT2D eigenvalue weighted by atomic mass is 10.1. The van der Waals surface area contributed by atoms with Gasteiger partial charge < -0.3 is 18.9 Å². The van der Waals surface area contributed by atoms with E-state index in [0.717, 1.165) is 24.0 Å². The van der Waals surface area contributed by atoms with Gasteiger partial charge in [-0.2, -0.15) is 5.10 Å². The molecule has 0 atom stereocenters. The van der Waals surface area contributed by atoms with Gasteiger partial charge in [0.2, 0.25) is 0 Å². The lowest BCUT2D eigenvalue weighted by Gasteiger charge is -2.23. The number of esters is 1. The molecular formula is C25H31N3O6. The van der Waals surface area contributed by atoms with Gasteiger partial charge in [0.15, 0.2) is 5.60 Å². The van der Waals surface area contributed by atoms with Gasteiger partial charge in [-0.3, -0.25) is 4.57 Å². The summed E-state index contributed by atoms with van der Waals surface area (Å²) >= 11 is 0. The Labute approximate surface area is 198 Å². The molecule has 0 aliphatic carbocycles. The van der Waals surface area contributed by atoms with Crippen LogP contribution in [0.4, 0.5) is 0 Å². The standard InChI is InChI=1S/C25H31N3O6/c1-25(2,23(29)33-5)34-19-12-9-17(10-13-19)7-6-8-22-26-27-24(30)28(22)16-18-11-14-20(31-3)15-21(18)32-4/h9-15H,6-8,16H2,1-5H3,(H,27,30). The average Bonchev–Trinajstić information content (AvgIpc) is 3.18. The van der Waals surface area contributed by atoms with Gasteiger partial charge in [0.1, 0.15) is 23.1 Å². The Bertz CT molecular complexity index is 1160. The van der Waals surface area contributed by atoms with Gasteiger partial charge in [0, 0.05) is 18.1 Å².